The van der Waals surface area contributed by atoms with Gasteiger partial charge in [-0.15, -0.1) is 0 Å². The molecule has 0 bridgehead atoms. The van der Waals surface area contributed by atoms with E-state index >= 15 is 0 Å². The van der Waals surface area contributed by atoms with Crippen LogP contribution in [0, 0.1) is 0 Å². The van der Waals surface area contributed by atoms with E-state index in [2.05, 4.69) is 33.2 Å². The Hall–Kier alpha value is -3.07. The molecule has 124 valence electrons. The van der Waals surface area contributed by atoms with Crippen molar-refractivity contribution in [2.45, 2.75) is 19.8 Å². The number of aromatic nitrogens is 3. The van der Waals surface area contributed by atoms with E-state index in [4.69, 9.17) is 0 Å². The number of benzene rings is 1. The van der Waals surface area contributed by atoms with Crippen molar-refractivity contribution < 1.29 is 0 Å². The van der Waals surface area contributed by atoms with Gasteiger partial charge in [0.2, 0.25) is 0 Å². The van der Waals surface area contributed by atoms with Gasteiger partial charge in [0.1, 0.15) is 0 Å². The van der Waals surface area contributed by atoms with Gasteiger partial charge < -0.3 is 0 Å². The third kappa shape index (κ3) is 4.70. The summed E-state index contributed by atoms with van der Waals surface area (Å²) >= 11 is 0. The van der Waals surface area contributed by atoms with Gasteiger partial charge in [-0.3, -0.25) is 0 Å². The largest absolute Gasteiger partial charge is 0.209 e. The van der Waals surface area contributed by atoms with E-state index in [1.54, 1.807) is 0 Å². The van der Waals surface area contributed by atoms with Crippen LogP contribution < -0.4 is 0 Å². The van der Waals surface area contributed by atoms with Crippen LogP contribution in [0.25, 0.3) is 23.0 Å². The van der Waals surface area contributed by atoms with Crippen molar-refractivity contribution in [3.05, 3.63) is 90.6 Å². The van der Waals surface area contributed by atoms with E-state index in [1.807, 2.05) is 73.7 Å². The molecule has 0 saturated heterocycles. The van der Waals surface area contributed by atoms with E-state index in [0.29, 0.717) is 11.6 Å². The molecule has 0 fully saturated rings. The summed E-state index contributed by atoms with van der Waals surface area (Å²) in [7, 11) is 0. The second-order valence-corrected chi connectivity index (χ2v) is 5.62. The molecule has 0 N–H and O–H groups in total. The molecule has 25 heavy (non-hydrogen) atoms. The van der Waals surface area contributed by atoms with Gasteiger partial charge in [0.05, 0.1) is 0 Å². The SMILES string of the molecule is C\C=C/C=C\C=C\c1nc(C2=CCCC=C2)nc(-c2ccccc2)n1. The van der Waals surface area contributed by atoms with Crippen molar-refractivity contribution in [2.24, 2.45) is 0 Å². The lowest BCUT2D eigenvalue weighted by Gasteiger charge is -2.08. The molecule has 1 aliphatic rings. The van der Waals surface area contributed by atoms with Crippen LogP contribution >= 0.6 is 0 Å². The second kappa shape index (κ2) is 8.69. The highest BCUT2D eigenvalue weighted by molar-refractivity contribution is 5.72. The van der Waals surface area contributed by atoms with Gasteiger partial charge in [-0.2, -0.15) is 0 Å². The normalized spacial score (nSPS) is 14.7. The zero-order valence-corrected chi connectivity index (χ0v) is 14.3. The molecule has 3 heteroatoms. The second-order valence-electron chi connectivity index (χ2n) is 5.62. The summed E-state index contributed by atoms with van der Waals surface area (Å²) in [6.45, 7) is 1.99. The van der Waals surface area contributed by atoms with Crippen molar-refractivity contribution in [1.29, 1.82) is 0 Å². The summed E-state index contributed by atoms with van der Waals surface area (Å²) in [6.07, 6.45) is 20.3. The minimum Gasteiger partial charge on any atom is -0.209 e. The van der Waals surface area contributed by atoms with Crippen LogP contribution in [0.15, 0.2) is 78.9 Å². The van der Waals surface area contributed by atoms with E-state index in [1.165, 1.54) is 0 Å². The lowest BCUT2D eigenvalue weighted by atomic mass is 10.1. The van der Waals surface area contributed by atoms with Crippen molar-refractivity contribution in [2.75, 3.05) is 0 Å². The van der Waals surface area contributed by atoms with Crippen LogP contribution in [0.5, 0.6) is 0 Å². The Kier molecular flexibility index (Phi) is 5.83. The van der Waals surface area contributed by atoms with Crippen molar-refractivity contribution >= 4 is 11.6 Å². The number of rotatable bonds is 5. The first-order valence-electron chi connectivity index (χ1n) is 8.51. The van der Waals surface area contributed by atoms with E-state index in [9.17, 15) is 0 Å². The lowest BCUT2D eigenvalue weighted by molar-refractivity contribution is 0.990. The van der Waals surface area contributed by atoms with Crippen LogP contribution in [0.1, 0.15) is 31.4 Å². The lowest BCUT2D eigenvalue weighted by Crippen LogP contribution is -2.02. The van der Waals surface area contributed by atoms with Crippen molar-refractivity contribution in [1.82, 2.24) is 15.0 Å². The molecule has 0 atom stereocenters. The summed E-state index contributed by atoms with van der Waals surface area (Å²) in [4.78, 5) is 13.9. The molecule has 2 aromatic rings. The van der Waals surface area contributed by atoms with Crippen LogP contribution in [0.3, 0.4) is 0 Å². The highest BCUT2D eigenvalue weighted by atomic mass is 15.0. The van der Waals surface area contributed by atoms with Crippen molar-refractivity contribution in [3.8, 4) is 11.4 Å². The molecule has 0 aliphatic heterocycles. The topological polar surface area (TPSA) is 38.7 Å². The zero-order chi connectivity index (χ0) is 17.3. The number of hydrogen-bond donors (Lipinski definition) is 0. The minimum atomic E-state index is 0.661. The van der Waals surface area contributed by atoms with Gasteiger partial charge >= 0.3 is 0 Å². The highest BCUT2D eigenvalue weighted by Gasteiger charge is 2.10. The molecule has 1 aromatic heterocycles. The van der Waals surface area contributed by atoms with Gasteiger partial charge in [-0.25, -0.2) is 15.0 Å². The maximum absolute atomic E-state index is 4.68. The third-order valence-electron chi connectivity index (χ3n) is 3.71. The average Bonchev–Trinajstić information content (AvgIpc) is 2.69. The van der Waals surface area contributed by atoms with E-state index in [0.717, 1.165) is 29.8 Å². The first kappa shape index (κ1) is 16.8. The predicted molar refractivity (Wildman–Crippen MR) is 105 cm³/mol. The standard InChI is InChI=1S/C22H21N3/c1-2-3-4-5-12-17-20-23-21(18-13-8-6-9-14-18)25-22(24-20)19-15-10-7-11-16-19/h2-6,8-10,12-17H,7,11H2,1H3/b3-2-,5-4-,17-12+. The Balaban J connectivity index is 1.99. The fraction of sp³-hybridized carbons (Fsp3) is 0.136. The average molecular weight is 327 g/mol. The van der Waals surface area contributed by atoms with Crippen LogP contribution in [0.2, 0.25) is 0 Å². The summed E-state index contributed by atoms with van der Waals surface area (Å²) in [5, 5.41) is 0. The monoisotopic (exact) mass is 327 g/mol. The van der Waals surface area contributed by atoms with Gasteiger partial charge in [-0.1, -0.05) is 78.9 Å². The Labute approximate surface area is 148 Å². The molecule has 1 aliphatic carbocycles. The van der Waals surface area contributed by atoms with Gasteiger partial charge in [0.25, 0.3) is 0 Å². The molecule has 0 spiro atoms. The van der Waals surface area contributed by atoms with Gasteiger partial charge in [0.15, 0.2) is 17.5 Å². The summed E-state index contributed by atoms with van der Waals surface area (Å²) in [5.41, 5.74) is 2.05. The van der Waals surface area contributed by atoms with Crippen molar-refractivity contribution in [3.63, 3.8) is 0 Å². The van der Waals surface area contributed by atoms with Gasteiger partial charge in [0, 0.05) is 11.1 Å². The molecular weight excluding hydrogens is 306 g/mol. The summed E-state index contributed by atoms with van der Waals surface area (Å²) in [6, 6.07) is 10.0. The molecule has 1 heterocycles. The maximum Gasteiger partial charge on any atom is 0.164 e. The Morgan fingerprint density at radius 2 is 1.64 bits per heavy atom. The zero-order valence-electron chi connectivity index (χ0n) is 14.3. The maximum atomic E-state index is 4.68. The Morgan fingerprint density at radius 1 is 0.840 bits per heavy atom. The minimum absolute atomic E-state index is 0.661. The first-order chi connectivity index (χ1) is 12.4. The molecule has 3 nitrogen and oxygen atoms in total. The predicted octanol–water partition coefficient (Wildman–Crippen LogP) is 5.42. The van der Waals surface area contributed by atoms with E-state index < -0.39 is 0 Å². The van der Waals surface area contributed by atoms with E-state index in [-0.39, 0.29) is 0 Å². The first-order valence-corrected chi connectivity index (χ1v) is 8.51. The molecule has 0 saturated carbocycles. The molecule has 3 rings (SSSR count). The molecule has 0 radical (unpaired) electrons. The quantitative estimate of drug-likeness (QED) is 0.688. The summed E-state index contributed by atoms with van der Waals surface area (Å²) < 4.78 is 0. The number of nitrogens with zero attached hydrogens (tertiary/aromatic N) is 3. The highest BCUT2D eigenvalue weighted by Crippen LogP contribution is 2.21. The molecule has 0 amide bonds. The fourth-order valence-electron chi connectivity index (χ4n) is 2.47. The van der Waals surface area contributed by atoms with Gasteiger partial charge in [-0.05, 0) is 25.8 Å². The Morgan fingerprint density at radius 3 is 2.40 bits per heavy atom. The molecular formula is C22H21N3. The number of allylic oxidation sites excluding steroid dienone is 9. The van der Waals surface area contributed by atoms with Crippen LogP contribution in [-0.2, 0) is 0 Å². The molecule has 1 aromatic carbocycles. The van der Waals surface area contributed by atoms with Crippen LogP contribution in [-0.4, -0.2) is 15.0 Å². The van der Waals surface area contributed by atoms with Crippen LogP contribution in [0.4, 0.5) is 0 Å². The summed E-state index contributed by atoms with van der Waals surface area (Å²) in [5.74, 6) is 2.08. The fourth-order valence-corrected chi connectivity index (χ4v) is 2.47. The third-order valence-corrected chi connectivity index (χ3v) is 3.71. The number of hydrogen-bond acceptors (Lipinski definition) is 3. The molecule has 0 unspecified atom stereocenters. The smallest absolute Gasteiger partial charge is 0.164 e. The Bertz CT molecular complexity index is 856.